The molecular weight excluding hydrogens is 324 g/mol. The second kappa shape index (κ2) is 8.25. The molecule has 0 radical (unpaired) electrons. The van der Waals surface area contributed by atoms with E-state index in [1.54, 1.807) is 12.4 Å². The standard InChI is InChI=1S/C16H22N6OS/c1-12-19-16(21-20-12)24-10-7-18-15(23)14(22-8-2-3-9-22)13-5-4-6-17-11-13/h4-6,11,14H,2-3,7-10H2,1H3,(H,18,23)(H,19,20,21). The molecule has 1 amide bonds. The molecule has 2 aromatic rings. The van der Waals surface area contributed by atoms with E-state index in [0.717, 1.165) is 43.1 Å². The Bertz CT molecular complexity index is 656. The van der Waals surface area contributed by atoms with Crippen molar-refractivity contribution in [2.24, 2.45) is 0 Å². The molecule has 7 nitrogen and oxygen atoms in total. The number of H-pyrrole nitrogens is 1. The summed E-state index contributed by atoms with van der Waals surface area (Å²) in [7, 11) is 0. The van der Waals surface area contributed by atoms with Crippen LogP contribution in [-0.4, -0.2) is 56.4 Å². The van der Waals surface area contributed by atoms with Gasteiger partial charge >= 0.3 is 0 Å². The van der Waals surface area contributed by atoms with Gasteiger partial charge in [-0.2, -0.15) is 0 Å². The molecule has 2 aromatic heterocycles. The van der Waals surface area contributed by atoms with Gasteiger partial charge in [-0.15, -0.1) is 5.10 Å². The average molecular weight is 346 g/mol. The summed E-state index contributed by atoms with van der Waals surface area (Å²) in [4.78, 5) is 23.4. The number of pyridine rings is 1. The van der Waals surface area contributed by atoms with Crippen LogP contribution in [0, 0.1) is 6.92 Å². The number of nitrogens with one attached hydrogen (secondary N) is 2. The first-order chi connectivity index (χ1) is 11.7. The molecule has 3 heterocycles. The van der Waals surface area contributed by atoms with Crippen molar-refractivity contribution in [2.45, 2.75) is 31.0 Å². The zero-order valence-electron chi connectivity index (χ0n) is 13.7. The van der Waals surface area contributed by atoms with Crippen LogP contribution in [-0.2, 0) is 4.79 Å². The minimum absolute atomic E-state index is 0.0386. The van der Waals surface area contributed by atoms with Crippen molar-refractivity contribution in [1.29, 1.82) is 0 Å². The molecule has 0 bridgehead atoms. The number of hydrogen-bond donors (Lipinski definition) is 2. The van der Waals surface area contributed by atoms with Gasteiger partial charge in [0.2, 0.25) is 11.1 Å². The molecule has 3 rings (SSSR count). The lowest BCUT2D eigenvalue weighted by Gasteiger charge is -2.26. The Morgan fingerprint density at radius 1 is 1.46 bits per heavy atom. The summed E-state index contributed by atoms with van der Waals surface area (Å²) in [5.74, 6) is 1.58. The molecule has 0 saturated carbocycles. The van der Waals surface area contributed by atoms with E-state index in [1.165, 1.54) is 11.8 Å². The van der Waals surface area contributed by atoms with Crippen LogP contribution in [0.15, 0.2) is 29.7 Å². The molecule has 128 valence electrons. The molecule has 1 aliphatic heterocycles. The minimum atomic E-state index is -0.253. The SMILES string of the molecule is Cc1nc(SCCNC(=O)C(c2cccnc2)N2CCCC2)n[nH]1. The van der Waals surface area contributed by atoms with Crippen molar-refractivity contribution in [3.05, 3.63) is 35.9 Å². The molecule has 2 N–H and O–H groups in total. The van der Waals surface area contributed by atoms with Gasteiger partial charge < -0.3 is 5.32 Å². The van der Waals surface area contributed by atoms with Crippen LogP contribution in [0.1, 0.15) is 30.3 Å². The Kier molecular flexibility index (Phi) is 5.81. The van der Waals surface area contributed by atoms with Crippen LogP contribution in [0.5, 0.6) is 0 Å². The summed E-state index contributed by atoms with van der Waals surface area (Å²) < 4.78 is 0. The quantitative estimate of drug-likeness (QED) is 0.584. The van der Waals surface area contributed by atoms with E-state index in [2.05, 4.69) is 30.4 Å². The van der Waals surface area contributed by atoms with Crippen LogP contribution in [0.25, 0.3) is 0 Å². The first-order valence-corrected chi connectivity index (χ1v) is 9.16. The number of nitrogens with zero attached hydrogens (tertiary/aromatic N) is 4. The molecular formula is C16H22N6OS. The third kappa shape index (κ3) is 4.33. The number of thioether (sulfide) groups is 1. The number of aromatic amines is 1. The Balaban J connectivity index is 1.55. The summed E-state index contributed by atoms with van der Waals surface area (Å²) in [6.45, 7) is 4.37. The van der Waals surface area contributed by atoms with Crippen LogP contribution in [0.2, 0.25) is 0 Å². The molecule has 1 saturated heterocycles. The van der Waals surface area contributed by atoms with Gasteiger partial charge in [0, 0.05) is 24.7 Å². The maximum Gasteiger partial charge on any atom is 0.242 e. The highest BCUT2D eigenvalue weighted by Gasteiger charge is 2.29. The highest BCUT2D eigenvalue weighted by atomic mass is 32.2. The van der Waals surface area contributed by atoms with E-state index in [4.69, 9.17) is 0 Å². The highest BCUT2D eigenvalue weighted by molar-refractivity contribution is 7.99. The fourth-order valence-electron chi connectivity index (χ4n) is 2.87. The van der Waals surface area contributed by atoms with Gasteiger partial charge in [-0.1, -0.05) is 17.8 Å². The zero-order chi connectivity index (χ0) is 16.8. The van der Waals surface area contributed by atoms with Crippen LogP contribution < -0.4 is 5.32 Å². The molecule has 1 fully saturated rings. The normalized spacial score (nSPS) is 16.2. The molecule has 0 aliphatic carbocycles. The Labute approximate surface area is 145 Å². The minimum Gasteiger partial charge on any atom is -0.354 e. The average Bonchev–Trinajstić information content (AvgIpc) is 3.25. The van der Waals surface area contributed by atoms with Crippen molar-refractivity contribution < 1.29 is 4.79 Å². The molecule has 1 atom stereocenters. The zero-order valence-corrected chi connectivity index (χ0v) is 14.6. The predicted octanol–water partition coefficient (Wildman–Crippen LogP) is 1.55. The van der Waals surface area contributed by atoms with Crippen LogP contribution in [0.3, 0.4) is 0 Å². The number of likely N-dealkylation sites (tertiary alicyclic amines) is 1. The van der Waals surface area contributed by atoms with Gasteiger partial charge in [-0.05, 0) is 44.5 Å². The molecule has 0 aromatic carbocycles. The Morgan fingerprint density at radius 2 is 2.29 bits per heavy atom. The predicted molar refractivity (Wildman–Crippen MR) is 92.6 cm³/mol. The number of amides is 1. The van der Waals surface area contributed by atoms with Crippen LogP contribution in [0.4, 0.5) is 0 Å². The lowest BCUT2D eigenvalue weighted by Crippen LogP contribution is -2.40. The van der Waals surface area contributed by atoms with Gasteiger partial charge in [-0.25, -0.2) is 4.98 Å². The fraction of sp³-hybridized carbons (Fsp3) is 0.500. The lowest BCUT2D eigenvalue weighted by atomic mass is 10.1. The maximum absolute atomic E-state index is 12.7. The number of carbonyl (C=O) groups excluding carboxylic acids is 1. The summed E-state index contributed by atoms with van der Waals surface area (Å²) in [5, 5.41) is 10.6. The number of rotatable bonds is 7. The van der Waals surface area contributed by atoms with Crippen LogP contribution >= 0.6 is 11.8 Å². The van der Waals surface area contributed by atoms with Crippen molar-refractivity contribution in [2.75, 3.05) is 25.4 Å². The second-order valence-corrected chi connectivity index (χ2v) is 6.84. The van der Waals surface area contributed by atoms with Crippen molar-refractivity contribution >= 4 is 17.7 Å². The molecule has 1 unspecified atom stereocenters. The van der Waals surface area contributed by atoms with Gasteiger partial charge in [0.15, 0.2) is 0 Å². The third-order valence-electron chi connectivity index (χ3n) is 3.96. The van der Waals surface area contributed by atoms with Crippen molar-refractivity contribution in [1.82, 2.24) is 30.4 Å². The first-order valence-electron chi connectivity index (χ1n) is 8.17. The Hall–Kier alpha value is -1.93. The second-order valence-electron chi connectivity index (χ2n) is 5.77. The fourth-order valence-corrected chi connectivity index (χ4v) is 3.56. The summed E-state index contributed by atoms with van der Waals surface area (Å²) in [5.41, 5.74) is 0.953. The van der Waals surface area contributed by atoms with Gasteiger partial charge in [-0.3, -0.25) is 19.8 Å². The van der Waals surface area contributed by atoms with Crippen molar-refractivity contribution in [3.63, 3.8) is 0 Å². The number of aryl methyl sites for hydroxylation is 1. The molecule has 1 aliphatic rings. The van der Waals surface area contributed by atoms with E-state index in [9.17, 15) is 4.79 Å². The van der Waals surface area contributed by atoms with Gasteiger partial charge in [0.05, 0.1) is 0 Å². The largest absolute Gasteiger partial charge is 0.354 e. The summed E-state index contributed by atoms with van der Waals surface area (Å²) in [6.07, 6.45) is 5.81. The monoisotopic (exact) mass is 346 g/mol. The molecule has 8 heteroatoms. The number of carbonyl (C=O) groups is 1. The van der Waals surface area contributed by atoms with Gasteiger partial charge in [0.25, 0.3) is 0 Å². The molecule has 24 heavy (non-hydrogen) atoms. The maximum atomic E-state index is 12.7. The van der Waals surface area contributed by atoms with E-state index >= 15 is 0 Å². The lowest BCUT2D eigenvalue weighted by molar-refractivity contribution is -0.126. The van der Waals surface area contributed by atoms with E-state index in [1.807, 2.05) is 19.1 Å². The van der Waals surface area contributed by atoms with E-state index in [0.29, 0.717) is 11.7 Å². The third-order valence-corrected chi connectivity index (χ3v) is 4.81. The van der Waals surface area contributed by atoms with E-state index < -0.39 is 0 Å². The summed E-state index contributed by atoms with van der Waals surface area (Å²) in [6, 6.07) is 3.60. The topological polar surface area (TPSA) is 86.8 Å². The number of hydrogen-bond acceptors (Lipinski definition) is 6. The summed E-state index contributed by atoms with van der Waals surface area (Å²) >= 11 is 1.53. The van der Waals surface area contributed by atoms with Gasteiger partial charge in [0.1, 0.15) is 11.9 Å². The van der Waals surface area contributed by atoms with E-state index in [-0.39, 0.29) is 11.9 Å². The first kappa shape index (κ1) is 16.9. The number of aromatic nitrogens is 4. The highest BCUT2D eigenvalue weighted by Crippen LogP contribution is 2.24. The van der Waals surface area contributed by atoms with Crippen molar-refractivity contribution in [3.8, 4) is 0 Å². The Morgan fingerprint density at radius 3 is 2.96 bits per heavy atom. The molecule has 0 spiro atoms. The smallest absolute Gasteiger partial charge is 0.242 e.